The third-order valence-electron chi connectivity index (χ3n) is 11.9. The minimum absolute atomic E-state index is 0. The van der Waals surface area contributed by atoms with Crippen LogP contribution in [0.4, 0.5) is 26.3 Å². The van der Waals surface area contributed by atoms with Crippen LogP contribution < -0.4 is 5.11 Å². The van der Waals surface area contributed by atoms with Crippen molar-refractivity contribution in [2.45, 2.75) is 187 Å². The Bertz CT molecular complexity index is 1500. The zero-order valence-corrected chi connectivity index (χ0v) is 35.7. The summed E-state index contributed by atoms with van der Waals surface area (Å²) in [4.78, 5) is 10.2. The van der Waals surface area contributed by atoms with E-state index < -0.39 is 18.5 Å². The van der Waals surface area contributed by atoms with E-state index in [-0.39, 0.29) is 50.5 Å². The molecule has 12 heteroatoms. The number of hydrogen-bond donors (Lipinski definition) is 2. The molecule has 2 atom stereocenters. The number of aliphatic imine (C=N–C) groups is 2. The summed E-state index contributed by atoms with van der Waals surface area (Å²) in [6.45, 7) is 26.7. The molecule has 2 unspecified atom stereocenters. The van der Waals surface area contributed by atoms with Crippen LogP contribution in [0.2, 0.25) is 0 Å². The van der Waals surface area contributed by atoms with Gasteiger partial charge in [0.15, 0.2) is 0 Å². The average Bonchev–Trinajstić information content (AvgIpc) is 3.09. The van der Waals surface area contributed by atoms with E-state index in [0.717, 1.165) is 73.6 Å². The van der Waals surface area contributed by atoms with Gasteiger partial charge in [0.25, 0.3) is 0 Å². The van der Waals surface area contributed by atoms with E-state index in [1.807, 2.05) is 12.4 Å². The third kappa shape index (κ3) is 13.0. The third-order valence-corrected chi connectivity index (χ3v) is 11.9. The first-order valence-corrected chi connectivity index (χ1v) is 19.2. The Morgan fingerprint density at radius 3 is 1.13 bits per heavy atom. The van der Waals surface area contributed by atoms with Gasteiger partial charge >= 0.3 is 12.4 Å². The summed E-state index contributed by atoms with van der Waals surface area (Å²) in [5.74, 6) is 0.692. The van der Waals surface area contributed by atoms with Gasteiger partial charge < -0.3 is 15.3 Å². The summed E-state index contributed by atoms with van der Waals surface area (Å²) < 4.78 is 65.5. The Morgan fingerprint density at radius 1 is 0.600 bits per heavy atom. The first kappa shape index (κ1) is 50.4. The second-order valence-corrected chi connectivity index (χ2v) is 17.3. The molecule has 5 nitrogen and oxygen atoms in total. The number of phenols is 2. The Labute approximate surface area is 335 Å². The van der Waals surface area contributed by atoms with E-state index in [0.29, 0.717) is 11.5 Å². The van der Waals surface area contributed by atoms with E-state index in [1.165, 1.54) is 11.1 Å². The molecule has 0 aliphatic heterocycles. The molecule has 315 valence electrons. The summed E-state index contributed by atoms with van der Waals surface area (Å²) >= 11 is 0. The molecule has 2 aromatic rings. The van der Waals surface area contributed by atoms with Crippen LogP contribution in [0.25, 0.3) is 0 Å². The van der Waals surface area contributed by atoms with Crippen molar-refractivity contribution < 1.29 is 58.4 Å². The summed E-state index contributed by atoms with van der Waals surface area (Å²) in [5, 5.41) is 32.3. The van der Waals surface area contributed by atoms with Crippen molar-refractivity contribution in [1.82, 2.24) is 0 Å². The van der Waals surface area contributed by atoms with Crippen molar-refractivity contribution >= 4 is 12.4 Å². The van der Waals surface area contributed by atoms with E-state index in [1.54, 1.807) is 0 Å². The van der Waals surface area contributed by atoms with E-state index >= 15 is 0 Å². The molecule has 0 amide bonds. The molecule has 0 aromatic heterocycles. The van der Waals surface area contributed by atoms with Crippen LogP contribution in [0.5, 0.6) is 11.5 Å². The smallest absolute Gasteiger partial charge is 0.385 e. The fraction of sp³-hybridized carbons (Fsp3) is 0.674. The second-order valence-electron chi connectivity index (χ2n) is 17.3. The number of nitrogens with zero attached hydrogens (tertiary/aromatic N) is 2. The normalized spacial score (nSPS) is 17.7. The predicted octanol–water partition coefficient (Wildman–Crippen LogP) is 11.5. The van der Waals surface area contributed by atoms with Gasteiger partial charge in [0, 0.05) is 51.5 Å². The number of rotatable bonds is 12. The Morgan fingerprint density at radius 2 is 0.891 bits per heavy atom. The predicted molar refractivity (Wildman–Crippen MR) is 207 cm³/mol. The van der Waals surface area contributed by atoms with Gasteiger partial charge in [-0.2, -0.15) is 26.3 Å². The molecule has 0 bridgehead atoms. The number of alkyl halides is 6. The molecule has 1 aliphatic carbocycles. The maximum Gasteiger partial charge on any atom is 0.385 e. The van der Waals surface area contributed by atoms with Gasteiger partial charge in [-0.05, 0) is 83.4 Å². The van der Waals surface area contributed by atoms with Crippen molar-refractivity contribution in [1.29, 1.82) is 0 Å². The fourth-order valence-corrected chi connectivity index (χ4v) is 6.09. The first-order valence-electron chi connectivity index (χ1n) is 19.2. The number of aromatic hydroxyl groups is 2. The van der Waals surface area contributed by atoms with Gasteiger partial charge in [0.05, 0.1) is 18.2 Å². The van der Waals surface area contributed by atoms with Gasteiger partial charge in [-0.25, -0.2) is 0 Å². The van der Waals surface area contributed by atoms with Crippen molar-refractivity contribution in [2.75, 3.05) is 0 Å². The fourth-order valence-electron chi connectivity index (χ4n) is 6.09. The summed E-state index contributed by atoms with van der Waals surface area (Å²) in [6.07, 6.45) is -4.07. The molecular weight excluding hydrogens is 765 g/mol. The van der Waals surface area contributed by atoms with Crippen molar-refractivity contribution in [3.63, 3.8) is 0 Å². The Hall–Kier alpha value is -2.57. The molecule has 1 saturated carbocycles. The zero-order valence-electron chi connectivity index (χ0n) is 34.7. The minimum Gasteiger partial charge on any atom is -0.839 e. The summed E-state index contributed by atoms with van der Waals surface area (Å²) in [5.41, 5.74) is 5.79. The van der Waals surface area contributed by atoms with Gasteiger partial charge in [-0.15, -0.1) is 0 Å². The largest absolute Gasteiger partial charge is 0.839 e. The van der Waals surface area contributed by atoms with Gasteiger partial charge in [0.2, 0.25) is 0 Å². The van der Waals surface area contributed by atoms with Gasteiger partial charge in [-0.1, -0.05) is 108 Å². The van der Waals surface area contributed by atoms with Crippen molar-refractivity contribution in [3.8, 4) is 11.5 Å². The standard InChI is InChI=1S/C40H62N2O2.C3HF6O.Co/c1-13-37(5,6)29-21-27(35(43)31(23-29)39(9,10)15-3)25-41-33-19-17-18-20-34(33)42-26-28-22-30(38(7,8)14-2)24-32(36(28)44)40(11,12)16-4;4-2(5,6)1(10)3(7,8)9;/h21-26,33-34,43-44H,13-20H2,1-12H3;1H;/q;-1;. The van der Waals surface area contributed by atoms with E-state index in [9.17, 15) is 41.7 Å². The van der Waals surface area contributed by atoms with Gasteiger partial charge in [0.1, 0.15) is 11.5 Å². The molecule has 0 heterocycles. The van der Waals surface area contributed by atoms with E-state index in [2.05, 4.69) is 107 Å². The topological polar surface area (TPSA) is 88.2 Å². The number of benzene rings is 2. The maximum absolute atomic E-state index is 11.5. The van der Waals surface area contributed by atoms with Crippen molar-refractivity contribution in [3.05, 3.63) is 57.6 Å². The van der Waals surface area contributed by atoms with Crippen LogP contribution in [0.1, 0.15) is 168 Å². The average molecular weight is 829 g/mol. The van der Waals surface area contributed by atoms with Crippen LogP contribution in [-0.2, 0) is 38.4 Å². The van der Waals surface area contributed by atoms with Crippen molar-refractivity contribution in [2.24, 2.45) is 9.98 Å². The quantitative estimate of drug-likeness (QED) is 0.165. The van der Waals surface area contributed by atoms with Crippen LogP contribution in [0.3, 0.4) is 0 Å². The van der Waals surface area contributed by atoms with Gasteiger partial charge in [-0.3, -0.25) is 9.98 Å². The molecule has 1 fully saturated rings. The number of phenolic OH excluding ortho intramolecular Hbond substituents is 2. The molecule has 1 aliphatic rings. The SMILES string of the molecule is CCC(C)(C)c1cc(C=NC2CCCCC2N=Cc2cc(C(C)(C)CC)cc(C(C)(C)CC)c2O)c(O)c(C(C)(C)CC)c1.[Co].[O-]C(C(F)(F)F)C(F)(F)F. The number of hydrogen-bond acceptors (Lipinski definition) is 5. The summed E-state index contributed by atoms with van der Waals surface area (Å²) in [7, 11) is 0. The van der Waals surface area contributed by atoms with E-state index in [4.69, 9.17) is 9.98 Å². The van der Waals surface area contributed by atoms with Crippen LogP contribution >= 0.6 is 0 Å². The minimum atomic E-state index is -5.74. The Kier molecular flexibility index (Phi) is 17.7. The van der Waals surface area contributed by atoms with Crippen LogP contribution in [0, 0.1) is 0 Å². The molecule has 2 N–H and O–H groups in total. The first-order chi connectivity index (χ1) is 24.6. The molecule has 55 heavy (non-hydrogen) atoms. The monoisotopic (exact) mass is 828 g/mol. The Balaban J connectivity index is 0.00000120. The molecule has 2 aromatic carbocycles. The zero-order chi connectivity index (χ0) is 41.7. The molecule has 1 radical (unpaired) electrons. The maximum atomic E-state index is 11.5. The molecular formula is C43H63CoF6N2O3-. The van der Waals surface area contributed by atoms with Crippen LogP contribution in [0.15, 0.2) is 34.3 Å². The molecule has 0 saturated heterocycles. The number of halogens is 6. The summed E-state index contributed by atoms with van der Waals surface area (Å²) in [6, 6.07) is 8.76. The molecule has 3 rings (SSSR count). The van der Waals surface area contributed by atoms with Crippen LogP contribution in [-0.4, -0.2) is 53.2 Å². The second kappa shape index (κ2) is 19.2. The molecule has 0 spiro atoms.